The predicted molar refractivity (Wildman–Crippen MR) is 98.3 cm³/mol. The smallest absolute Gasteiger partial charge is 0.287 e. The summed E-state index contributed by atoms with van der Waals surface area (Å²) in [7, 11) is -3.60. The summed E-state index contributed by atoms with van der Waals surface area (Å²) in [6.07, 6.45) is 7.41. The number of carbonyl (C=O) groups is 1. The van der Waals surface area contributed by atoms with E-state index in [0.29, 0.717) is 25.6 Å². The van der Waals surface area contributed by atoms with Gasteiger partial charge in [-0.25, -0.2) is 8.42 Å². The van der Waals surface area contributed by atoms with Gasteiger partial charge in [0.05, 0.1) is 0 Å². The van der Waals surface area contributed by atoms with Crippen LogP contribution in [0.1, 0.15) is 61.3 Å². The normalized spacial score (nSPS) is 21.0. The third-order valence-corrected chi connectivity index (χ3v) is 7.57. The summed E-state index contributed by atoms with van der Waals surface area (Å²) in [5.41, 5.74) is 5.87. The largest absolute Gasteiger partial charge is 0.455 e. The molecule has 2 heterocycles. The molecule has 1 amide bonds. The van der Waals surface area contributed by atoms with Crippen LogP contribution in [0.3, 0.4) is 0 Å². The van der Waals surface area contributed by atoms with E-state index in [0.717, 1.165) is 38.5 Å². The van der Waals surface area contributed by atoms with Crippen LogP contribution in [0.5, 0.6) is 0 Å². The van der Waals surface area contributed by atoms with E-state index in [1.54, 1.807) is 6.92 Å². The van der Waals surface area contributed by atoms with Gasteiger partial charge in [0.2, 0.25) is 10.0 Å². The number of sulfonamides is 1. The van der Waals surface area contributed by atoms with E-state index in [4.69, 9.17) is 10.2 Å². The van der Waals surface area contributed by atoms with E-state index in [1.165, 1.54) is 16.8 Å². The SMILES string of the molecule is Cc1oc(C(=O)NC(CN)C2CCCCC2)cc1S(=O)(=O)N1CCCC1. The van der Waals surface area contributed by atoms with Crippen molar-refractivity contribution in [3.05, 3.63) is 17.6 Å². The van der Waals surface area contributed by atoms with Gasteiger partial charge in [0, 0.05) is 31.7 Å². The average Bonchev–Trinajstić information content (AvgIpc) is 3.30. The predicted octanol–water partition coefficient (Wildman–Crippen LogP) is 2.01. The Morgan fingerprint density at radius 1 is 1.27 bits per heavy atom. The van der Waals surface area contributed by atoms with Crippen LogP contribution in [0.15, 0.2) is 15.4 Å². The van der Waals surface area contributed by atoms with E-state index in [2.05, 4.69) is 5.32 Å². The first-order valence-corrected chi connectivity index (χ1v) is 11.0. The highest BCUT2D eigenvalue weighted by molar-refractivity contribution is 7.89. The first-order valence-electron chi connectivity index (χ1n) is 9.55. The number of amides is 1. The van der Waals surface area contributed by atoms with Crippen molar-refractivity contribution in [1.82, 2.24) is 9.62 Å². The van der Waals surface area contributed by atoms with Gasteiger partial charge in [-0.3, -0.25) is 4.79 Å². The van der Waals surface area contributed by atoms with Crippen LogP contribution in [-0.4, -0.2) is 44.3 Å². The number of hydrogen-bond acceptors (Lipinski definition) is 5. The lowest BCUT2D eigenvalue weighted by Crippen LogP contribution is -2.45. The number of nitrogens with one attached hydrogen (secondary N) is 1. The molecule has 1 aromatic rings. The van der Waals surface area contributed by atoms with Crippen molar-refractivity contribution in [2.45, 2.75) is 62.8 Å². The summed E-state index contributed by atoms with van der Waals surface area (Å²) < 4.78 is 32.4. The molecule has 2 fully saturated rings. The van der Waals surface area contributed by atoms with Gasteiger partial charge >= 0.3 is 0 Å². The molecule has 1 aliphatic heterocycles. The number of furan rings is 1. The number of nitrogens with two attached hydrogens (primary N) is 1. The Morgan fingerprint density at radius 2 is 1.92 bits per heavy atom. The zero-order valence-corrected chi connectivity index (χ0v) is 16.2. The van der Waals surface area contributed by atoms with Gasteiger partial charge in [0.25, 0.3) is 5.91 Å². The molecule has 0 bridgehead atoms. The van der Waals surface area contributed by atoms with Gasteiger partial charge in [0.1, 0.15) is 10.7 Å². The van der Waals surface area contributed by atoms with E-state index in [9.17, 15) is 13.2 Å². The Kier molecular flexibility index (Phi) is 6.04. The first-order chi connectivity index (χ1) is 12.4. The summed E-state index contributed by atoms with van der Waals surface area (Å²) in [6, 6.07) is 1.25. The molecule has 146 valence electrons. The van der Waals surface area contributed by atoms with E-state index in [-0.39, 0.29) is 22.5 Å². The van der Waals surface area contributed by atoms with Crippen LogP contribution < -0.4 is 11.1 Å². The zero-order chi connectivity index (χ0) is 18.7. The fraction of sp³-hybridized carbons (Fsp3) is 0.722. The Balaban J connectivity index is 1.74. The summed E-state index contributed by atoms with van der Waals surface area (Å²) in [4.78, 5) is 12.7. The topological polar surface area (TPSA) is 106 Å². The summed E-state index contributed by atoms with van der Waals surface area (Å²) in [5, 5.41) is 2.95. The molecular formula is C18H29N3O4S. The molecule has 7 nitrogen and oxygen atoms in total. The number of nitrogens with zero attached hydrogens (tertiary/aromatic N) is 1. The van der Waals surface area contributed by atoms with Gasteiger partial charge < -0.3 is 15.5 Å². The number of carbonyl (C=O) groups excluding carboxylic acids is 1. The molecule has 1 saturated carbocycles. The lowest BCUT2D eigenvalue weighted by Gasteiger charge is -2.29. The van der Waals surface area contributed by atoms with Gasteiger partial charge in [-0.1, -0.05) is 19.3 Å². The van der Waals surface area contributed by atoms with Crippen molar-refractivity contribution in [3.63, 3.8) is 0 Å². The van der Waals surface area contributed by atoms with E-state index in [1.807, 2.05) is 0 Å². The molecule has 0 spiro atoms. The maximum atomic E-state index is 12.7. The van der Waals surface area contributed by atoms with E-state index < -0.39 is 15.9 Å². The number of hydrogen-bond donors (Lipinski definition) is 2. The second kappa shape index (κ2) is 8.10. The maximum Gasteiger partial charge on any atom is 0.287 e. The van der Waals surface area contributed by atoms with Crippen molar-refractivity contribution in [1.29, 1.82) is 0 Å². The Morgan fingerprint density at radius 3 is 2.54 bits per heavy atom. The molecule has 1 atom stereocenters. The number of rotatable bonds is 6. The van der Waals surface area contributed by atoms with Gasteiger partial charge in [-0.15, -0.1) is 0 Å². The van der Waals surface area contributed by atoms with Crippen LogP contribution in [0, 0.1) is 12.8 Å². The lowest BCUT2D eigenvalue weighted by molar-refractivity contribution is 0.0886. The van der Waals surface area contributed by atoms with Gasteiger partial charge in [0.15, 0.2) is 5.76 Å². The molecule has 2 aliphatic rings. The molecule has 0 radical (unpaired) electrons. The third-order valence-electron chi connectivity index (χ3n) is 5.57. The average molecular weight is 384 g/mol. The van der Waals surface area contributed by atoms with Crippen LogP contribution in [0.25, 0.3) is 0 Å². The Labute approximate surface area is 155 Å². The minimum atomic E-state index is -3.60. The number of aryl methyl sites for hydroxylation is 1. The van der Waals surface area contributed by atoms with Crippen molar-refractivity contribution in [2.75, 3.05) is 19.6 Å². The second-order valence-electron chi connectivity index (χ2n) is 7.36. The first kappa shape index (κ1) is 19.4. The molecule has 26 heavy (non-hydrogen) atoms. The minimum absolute atomic E-state index is 0.0366. The standard InChI is InChI=1S/C18H29N3O4S/c1-13-17(26(23,24)21-9-5-6-10-21)11-16(25-13)18(22)20-15(12-19)14-7-3-2-4-8-14/h11,14-15H,2-10,12,19H2,1H3,(H,20,22). The molecule has 1 aromatic heterocycles. The lowest BCUT2D eigenvalue weighted by atomic mass is 9.84. The molecule has 1 unspecified atom stereocenters. The highest BCUT2D eigenvalue weighted by atomic mass is 32.2. The van der Waals surface area contributed by atoms with Crippen molar-refractivity contribution >= 4 is 15.9 Å². The van der Waals surface area contributed by atoms with Crippen LogP contribution in [-0.2, 0) is 10.0 Å². The fourth-order valence-electron chi connectivity index (χ4n) is 4.05. The maximum absolute atomic E-state index is 12.7. The highest BCUT2D eigenvalue weighted by Gasteiger charge is 2.32. The van der Waals surface area contributed by atoms with Crippen molar-refractivity contribution in [2.24, 2.45) is 11.7 Å². The van der Waals surface area contributed by atoms with Crippen LogP contribution in [0.4, 0.5) is 0 Å². The monoisotopic (exact) mass is 383 g/mol. The third kappa shape index (κ3) is 3.97. The second-order valence-corrected chi connectivity index (χ2v) is 9.26. The highest BCUT2D eigenvalue weighted by Crippen LogP contribution is 2.28. The minimum Gasteiger partial charge on any atom is -0.455 e. The van der Waals surface area contributed by atoms with Gasteiger partial charge in [-0.05, 0) is 38.5 Å². The summed E-state index contributed by atoms with van der Waals surface area (Å²) in [6.45, 7) is 2.99. The Bertz CT molecular complexity index is 732. The molecule has 3 rings (SSSR count). The van der Waals surface area contributed by atoms with Gasteiger partial charge in [-0.2, -0.15) is 4.31 Å². The summed E-state index contributed by atoms with van der Waals surface area (Å²) >= 11 is 0. The fourth-order valence-corrected chi connectivity index (χ4v) is 5.72. The molecule has 1 saturated heterocycles. The molecular weight excluding hydrogens is 354 g/mol. The van der Waals surface area contributed by atoms with Crippen molar-refractivity contribution in [3.8, 4) is 0 Å². The summed E-state index contributed by atoms with van der Waals surface area (Å²) in [5.74, 6) is 0.275. The van der Waals surface area contributed by atoms with Crippen molar-refractivity contribution < 1.29 is 17.6 Å². The molecule has 8 heteroatoms. The quantitative estimate of drug-likeness (QED) is 0.782. The molecule has 0 aromatic carbocycles. The zero-order valence-electron chi connectivity index (χ0n) is 15.4. The Hall–Kier alpha value is -1.38. The van der Waals surface area contributed by atoms with Crippen LogP contribution in [0.2, 0.25) is 0 Å². The molecule has 3 N–H and O–H groups in total. The molecule has 1 aliphatic carbocycles. The van der Waals surface area contributed by atoms with Crippen LogP contribution >= 0.6 is 0 Å². The van der Waals surface area contributed by atoms with E-state index >= 15 is 0 Å².